The van der Waals surface area contributed by atoms with E-state index in [0.717, 1.165) is 11.8 Å². The number of alkyl halides is 3. The molecule has 1 heterocycles. The zero-order valence-electron chi connectivity index (χ0n) is 10.9. The van der Waals surface area contributed by atoms with Crippen molar-refractivity contribution in [3.63, 3.8) is 0 Å². The van der Waals surface area contributed by atoms with Crippen molar-refractivity contribution in [1.29, 1.82) is 0 Å². The fraction of sp³-hybridized carbons (Fsp3) is 0.308. The summed E-state index contributed by atoms with van der Waals surface area (Å²) >= 11 is 4.14. The minimum atomic E-state index is -4.67. The van der Waals surface area contributed by atoms with Crippen LogP contribution in [-0.4, -0.2) is 31.5 Å². The van der Waals surface area contributed by atoms with Crippen LogP contribution in [0.15, 0.2) is 39.4 Å². The van der Waals surface area contributed by atoms with Gasteiger partial charge in [0.1, 0.15) is 4.91 Å². The quantitative estimate of drug-likeness (QED) is 0.776. The minimum absolute atomic E-state index is 0.0605. The van der Waals surface area contributed by atoms with Crippen molar-refractivity contribution in [2.24, 2.45) is 0 Å². The second-order valence-corrected chi connectivity index (χ2v) is 6.13. The van der Waals surface area contributed by atoms with Crippen LogP contribution in [0.4, 0.5) is 18.9 Å². The number of carbonyl (C=O) groups excluding carboxylic acids is 1. The Morgan fingerprint density at radius 2 is 2.05 bits per heavy atom. The minimum Gasteiger partial charge on any atom is -0.487 e. The Morgan fingerprint density at radius 1 is 1.38 bits per heavy atom. The molecule has 1 aromatic rings. The first-order valence-corrected chi connectivity index (χ1v) is 7.70. The molecule has 21 heavy (non-hydrogen) atoms. The van der Waals surface area contributed by atoms with Crippen LogP contribution in [0.5, 0.6) is 0 Å². The van der Waals surface area contributed by atoms with Crippen molar-refractivity contribution in [1.82, 2.24) is 0 Å². The van der Waals surface area contributed by atoms with Crippen molar-refractivity contribution in [2.45, 2.75) is 6.18 Å². The van der Waals surface area contributed by atoms with Gasteiger partial charge in [-0.05, 0) is 28.1 Å². The Labute approximate surface area is 132 Å². The number of carbonyl (C=O) groups is 1. The summed E-state index contributed by atoms with van der Waals surface area (Å²) in [5.41, 5.74) is 0.489. The summed E-state index contributed by atoms with van der Waals surface area (Å²) in [4.78, 5) is 13.1. The molecular formula is C13H11BrF3NO2S. The maximum Gasteiger partial charge on any atom is 0.450 e. The van der Waals surface area contributed by atoms with E-state index in [1.807, 2.05) is 0 Å². The number of likely N-dealkylation sites (N-methyl/N-ethyl adjacent to an activating group) is 1. The summed E-state index contributed by atoms with van der Waals surface area (Å²) in [5.74, 6) is -1.63. The average molecular weight is 382 g/mol. The Bertz CT molecular complexity index is 589. The van der Waals surface area contributed by atoms with E-state index < -0.39 is 22.7 Å². The van der Waals surface area contributed by atoms with Gasteiger partial charge >= 0.3 is 6.18 Å². The third-order valence-corrected chi connectivity index (χ3v) is 4.44. The number of ether oxygens (including phenoxy) is 1. The maximum absolute atomic E-state index is 12.9. The lowest BCUT2D eigenvalue weighted by Gasteiger charge is -2.25. The summed E-state index contributed by atoms with van der Waals surface area (Å²) < 4.78 is 44.1. The first-order valence-electron chi connectivity index (χ1n) is 5.92. The molecule has 0 radical (unpaired) electrons. The predicted molar refractivity (Wildman–Crippen MR) is 79.0 cm³/mol. The standard InChI is InChI=1S/C13H11BrF3NO2S/c1-18(9-5-3-2-4-8(9)14)12(19)10-11(13(15,16)17)20-6-7-21-10/h2-5H,6-7H2,1H3. The topological polar surface area (TPSA) is 29.5 Å². The fourth-order valence-electron chi connectivity index (χ4n) is 1.77. The monoisotopic (exact) mass is 381 g/mol. The Balaban J connectivity index is 2.38. The summed E-state index contributed by atoms with van der Waals surface area (Å²) in [5, 5.41) is 0. The van der Waals surface area contributed by atoms with E-state index in [1.54, 1.807) is 24.3 Å². The highest BCUT2D eigenvalue weighted by atomic mass is 79.9. The van der Waals surface area contributed by atoms with Gasteiger partial charge in [0, 0.05) is 17.3 Å². The molecule has 1 aliphatic rings. The van der Waals surface area contributed by atoms with Gasteiger partial charge in [0.05, 0.1) is 12.3 Å². The molecule has 0 N–H and O–H groups in total. The molecule has 0 aliphatic carbocycles. The summed E-state index contributed by atoms with van der Waals surface area (Å²) in [6.45, 7) is -0.0605. The first kappa shape index (κ1) is 16.2. The normalized spacial score (nSPS) is 15.7. The first-order chi connectivity index (χ1) is 9.82. The van der Waals surface area contributed by atoms with Crippen LogP contribution in [-0.2, 0) is 9.53 Å². The molecule has 3 nitrogen and oxygen atoms in total. The van der Waals surface area contributed by atoms with E-state index in [-0.39, 0.29) is 6.61 Å². The Hall–Kier alpha value is -1.15. The highest BCUT2D eigenvalue weighted by Gasteiger charge is 2.43. The van der Waals surface area contributed by atoms with E-state index in [2.05, 4.69) is 20.7 Å². The molecule has 2 rings (SSSR count). The lowest BCUT2D eigenvalue weighted by molar-refractivity contribution is -0.134. The molecule has 114 valence electrons. The molecule has 0 spiro atoms. The number of allylic oxidation sites excluding steroid dienone is 1. The van der Waals surface area contributed by atoms with Gasteiger partial charge in [0.25, 0.3) is 5.91 Å². The van der Waals surface area contributed by atoms with Crippen molar-refractivity contribution in [3.8, 4) is 0 Å². The predicted octanol–water partition coefficient (Wildman–Crippen LogP) is 3.95. The second kappa shape index (κ2) is 6.31. The van der Waals surface area contributed by atoms with Crippen LogP contribution in [0, 0.1) is 0 Å². The van der Waals surface area contributed by atoms with Gasteiger partial charge in [-0.3, -0.25) is 4.79 Å². The van der Waals surface area contributed by atoms with Gasteiger partial charge in [-0.2, -0.15) is 13.2 Å². The van der Waals surface area contributed by atoms with Crippen molar-refractivity contribution < 1.29 is 22.7 Å². The van der Waals surface area contributed by atoms with Crippen molar-refractivity contribution in [2.75, 3.05) is 24.3 Å². The van der Waals surface area contributed by atoms with Gasteiger partial charge < -0.3 is 9.64 Å². The van der Waals surface area contributed by atoms with Crippen LogP contribution in [0.25, 0.3) is 0 Å². The molecule has 0 atom stereocenters. The van der Waals surface area contributed by atoms with Gasteiger partial charge in [-0.25, -0.2) is 0 Å². The Morgan fingerprint density at radius 3 is 2.67 bits per heavy atom. The number of thioether (sulfide) groups is 1. The third-order valence-electron chi connectivity index (χ3n) is 2.75. The molecule has 1 aromatic carbocycles. The van der Waals surface area contributed by atoms with Crippen LogP contribution >= 0.6 is 27.7 Å². The van der Waals surface area contributed by atoms with Gasteiger partial charge in [0.2, 0.25) is 5.76 Å². The number of hydrogen-bond acceptors (Lipinski definition) is 3. The molecule has 0 unspecified atom stereocenters. The number of hydrogen-bond donors (Lipinski definition) is 0. The average Bonchev–Trinajstić information content (AvgIpc) is 2.45. The largest absolute Gasteiger partial charge is 0.487 e. The van der Waals surface area contributed by atoms with Crippen LogP contribution < -0.4 is 4.90 Å². The number of anilines is 1. The molecule has 0 aromatic heterocycles. The van der Waals surface area contributed by atoms with Gasteiger partial charge in [-0.15, -0.1) is 11.8 Å². The molecule has 0 saturated carbocycles. The Kier molecular flexibility index (Phi) is 4.88. The van der Waals surface area contributed by atoms with Crippen molar-refractivity contribution >= 4 is 39.3 Å². The molecule has 0 saturated heterocycles. The number of amides is 1. The SMILES string of the molecule is CN(C(=O)C1=C(C(F)(F)F)OCCS1)c1ccccc1Br. The fourth-order valence-corrected chi connectivity index (χ4v) is 3.26. The van der Waals surface area contributed by atoms with E-state index in [1.165, 1.54) is 11.9 Å². The molecule has 0 bridgehead atoms. The van der Waals surface area contributed by atoms with Crippen molar-refractivity contribution in [3.05, 3.63) is 39.4 Å². The smallest absolute Gasteiger partial charge is 0.450 e. The maximum atomic E-state index is 12.9. The molecular weight excluding hydrogens is 371 g/mol. The summed E-state index contributed by atoms with van der Waals surface area (Å²) in [7, 11) is 1.43. The highest BCUT2D eigenvalue weighted by Crippen LogP contribution is 2.38. The van der Waals surface area contributed by atoms with E-state index >= 15 is 0 Å². The lowest BCUT2D eigenvalue weighted by atomic mass is 10.3. The van der Waals surface area contributed by atoms with Crippen LogP contribution in [0.2, 0.25) is 0 Å². The van der Waals surface area contributed by atoms with Crippen LogP contribution in [0.1, 0.15) is 0 Å². The molecule has 1 amide bonds. The molecule has 1 aliphatic heterocycles. The van der Waals surface area contributed by atoms with E-state index in [9.17, 15) is 18.0 Å². The number of para-hydroxylation sites is 1. The lowest BCUT2D eigenvalue weighted by Crippen LogP contribution is -2.32. The zero-order chi connectivity index (χ0) is 15.6. The molecule has 8 heteroatoms. The highest BCUT2D eigenvalue weighted by molar-refractivity contribution is 9.10. The number of rotatable bonds is 2. The summed E-state index contributed by atoms with van der Waals surface area (Å²) in [6, 6.07) is 6.81. The number of nitrogens with zero attached hydrogens (tertiary/aromatic N) is 1. The number of halogens is 4. The molecule has 0 fully saturated rings. The third kappa shape index (κ3) is 3.55. The van der Waals surface area contributed by atoms with E-state index in [4.69, 9.17) is 0 Å². The zero-order valence-corrected chi connectivity index (χ0v) is 13.3. The van der Waals surface area contributed by atoms with E-state index in [0.29, 0.717) is 15.9 Å². The summed E-state index contributed by atoms with van der Waals surface area (Å²) in [6.07, 6.45) is -4.67. The van der Waals surface area contributed by atoms with Crippen LogP contribution in [0.3, 0.4) is 0 Å². The van der Waals surface area contributed by atoms with Gasteiger partial charge in [-0.1, -0.05) is 12.1 Å². The number of benzene rings is 1. The van der Waals surface area contributed by atoms with Gasteiger partial charge in [0.15, 0.2) is 0 Å². The second-order valence-electron chi connectivity index (χ2n) is 4.17.